The highest BCUT2D eigenvalue weighted by Gasteiger charge is 2.92. The van der Waals surface area contributed by atoms with Gasteiger partial charge in [0.1, 0.15) is 24.5 Å². The Morgan fingerprint density at radius 1 is 0.633 bits per heavy atom. The first-order chi connectivity index (χ1) is 23.5. The molecule has 12 rings (SSSR count). The van der Waals surface area contributed by atoms with Gasteiger partial charge in [0.2, 0.25) is 19.5 Å². The molecule has 0 aromatic heterocycles. The maximum atomic E-state index is 14.9. The number of nitrogens with one attached hydrogen (secondary N) is 2. The van der Waals surface area contributed by atoms with E-state index in [-0.39, 0.29) is 0 Å². The van der Waals surface area contributed by atoms with E-state index < -0.39 is 91.7 Å². The fraction of sp³-hybridized carbons (Fsp3) is 0.467. The summed E-state index contributed by atoms with van der Waals surface area (Å²) in [5.41, 5.74) is -1.50. The van der Waals surface area contributed by atoms with Crippen LogP contribution in [0.15, 0.2) is 48.5 Å². The zero-order valence-electron chi connectivity index (χ0n) is 25.6. The summed E-state index contributed by atoms with van der Waals surface area (Å²) >= 11 is 0. The van der Waals surface area contributed by atoms with Crippen molar-refractivity contribution in [3.63, 3.8) is 0 Å². The molecule has 14 nitrogen and oxygen atoms in total. The number of hydrogen-bond donors (Lipinski definition) is 6. The number of amides is 4. The molecule has 0 radical (unpaired) electrons. The number of likely N-dealkylation sites (N-methyl/N-ethyl adjacent to an activating group) is 2. The summed E-state index contributed by atoms with van der Waals surface area (Å²) in [6.45, 7) is -1.37. The monoisotopic (exact) mass is 760 g/mol. The van der Waals surface area contributed by atoms with Gasteiger partial charge in [-0.15, -0.1) is 0 Å². The minimum Gasteiger partial charge on any atom is -0.392 e. The second kappa shape index (κ2) is 9.29. The number of para-hydroxylation sites is 2. The van der Waals surface area contributed by atoms with Crippen molar-refractivity contribution < 1.29 is 39.6 Å². The average molecular weight is 761 g/mol. The number of piperazine rings is 2. The molecule has 2 aromatic carbocycles. The van der Waals surface area contributed by atoms with Crippen LogP contribution in [0.5, 0.6) is 0 Å². The van der Waals surface area contributed by atoms with Crippen LogP contribution >= 0.6 is 53.0 Å². The van der Waals surface area contributed by atoms with Crippen LogP contribution < -0.4 is 10.6 Å². The zero-order chi connectivity index (χ0) is 34.3. The van der Waals surface area contributed by atoms with Crippen molar-refractivity contribution in [1.82, 2.24) is 19.6 Å². The summed E-state index contributed by atoms with van der Waals surface area (Å²) < 4.78 is 0. The summed E-state index contributed by atoms with van der Waals surface area (Å²) in [5, 5.41) is 55.1. The molecule has 0 aliphatic carbocycles. The van der Waals surface area contributed by atoms with E-state index >= 15 is 0 Å². The predicted molar refractivity (Wildman–Crippen MR) is 185 cm³/mol. The van der Waals surface area contributed by atoms with E-state index in [1.807, 2.05) is 0 Å². The van der Waals surface area contributed by atoms with Crippen molar-refractivity contribution >= 4 is 88.0 Å². The molecule has 10 aliphatic rings. The standard InChI is InChI=1S/C30H28N6O8S5/c1-33-23(43)29-17(39)27(13-7-3-5-9-15(13)31-19(27)35(29)21(41)25(33,11-37)45-47-29)28-14-8-4-6-10-16(14)32-20(28)36-22(42)26(12-38)34(2)24(44)30(36,18(28)40)48-49-46-26/h3-10,17-20,31-32,37-40H,11-12H2,1-2H3/t17-,18-,19+,20+,25+,26+,27?,28?,29?,30?/m0/s1. The highest BCUT2D eigenvalue weighted by atomic mass is 33.5. The lowest BCUT2D eigenvalue weighted by Gasteiger charge is -2.58. The highest BCUT2D eigenvalue weighted by Crippen LogP contribution is 2.78. The van der Waals surface area contributed by atoms with Gasteiger partial charge < -0.3 is 40.9 Å². The van der Waals surface area contributed by atoms with Gasteiger partial charge in [-0.2, -0.15) is 0 Å². The summed E-state index contributed by atoms with van der Waals surface area (Å²) in [6, 6.07) is 14.3. The number of benzene rings is 2. The van der Waals surface area contributed by atoms with E-state index in [1.165, 1.54) is 33.7 Å². The number of aliphatic hydroxyl groups is 4. The minimum atomic E-state index is -1.95. The van der Waals surface area contributed by atoms with E-state index in [2.05, 4.69) is 10.6 Å². The predicted octanol–water partition coefficient (Wildman–Crippen LogP) is -0.0762. The van der Waals surface area contributed by atoms with Crippen molar-refractivity contribution in [2.45, 2.75) is 54.9 Å². The van der Waals surface area contributed by atoms with E-state index in [4.69, 9.17) is 0 Å². The molecule has 6 N–H and O–H groups in total. The SMILES string of the molecule is CN1C(=O)C23SSS[C@]1(CO)C(=O)N2[C@H]1Nc2ccccc2C1(C12c4ccccc4N[C@@H]1N1C(=O)[C@@]4(CO)SSC1(C(=O)N4C)[C@H]2O)[C@@H]3O. The highest BCUT2D eigenvalue weighted by molar-refractivity contribution is 9.10. The third-order valence-electron chi connectivity index (χ3n) is 12.2. The molecule has 8 fully saturated rings. The number of anilines is 2. The Kier molecular flexibility index (Phi) is 5.93. The van der Waals surface area contributed by atoms with E-state index in [9.17, 15) is 39.6 Å². The van der Waals surface area contributed by atoms with Crippen LogP contribution in [0.4, 0.5) is 11.4 Å². The van der Waals surface area contributed by atoms with Gasteiger partial charge in [0.15, 0.2) is 0 Å². The second-order valence-corrected chi connectivity index (χ2v) is 20.5. The second-order valence-electron chi connectivity index (χ2n) is 13.5. The van der Waals surface area contributed by atoms with Crippen LogP contribution in [0, 0.1) is 0 Å². The Hall–Kier alpha value is -2.49. The van der Waals surface area contributed by atoms with Gasteiger partial charge in [-0.3, -0.25) is 29.0 Å². The number of rotatable bonds is 3. The molecule has 10 aliphatic heterocycles. The van der Waals surface area contributed by atoms with Crippen LogP contribution in [-0.2, 0) is 30.0 Å². The lowest BCUT2D eigenvalue weighted by atomic mass is 9.52. The number of hydrogen-bond acceptors (Lipinski definition) is 15. The number of carbonyl (C=O) groups excluding carboxylic acids is 4. The van der Waals surface area contributed by atoms with Crippen molar-refractivity contribution in [3.8, 4) is 0 Å². The van der Waals surface area contributed by atoms with Crippen LogP contribution in [-0.4, -0.2) is 135 Å². The molecule has 4 unspecified atom stereocenters. The van der Waals surface area contributed by atoms with Crippen molar-refractivity contribution in [2.75, 3.05) is 37.9 Å². The third-order valence-corrected chi connectivity index (χ3v) is 20.9. The van der Waals surface area contributed by atoms with Gasteiger partial charge in [-0.05, 0) is 76.3 Å². The summed E-state index contributed by atoms with van der Waals surface area (Å²) in [5.74, 6) is -2.38. The third kappa shape index (κ3) is 2.73. The molecule has 2 spiro atoms. The number of carbonyl (C=O) groups is 4. The van der Waals surface area contributed by atoms with E-state index in [0.717, 1.165) is 53.0 Å². The Morgan fingerprint density at radius 3 is 1.53 bits per heavy atom. The fourth-order valence-electron chi connectivity index (χ4n) is 10.0. The summed E-state index contributed by atoms with van der Waals surface area (Å²) in [7, 11) is 8.07. The zero-order valence-corrected chi connectivity index (χ0v) is 29.7. The topological polar surface area (TPSA) is 186 Å². The molecule has 49 heavy (non-hydrogen) atoms. The van der Waals surface area contributed by atoms with Crippen LogP contribution in [0.25, 0.3) is 0 Å². The first kappa shape index (κ1) is 31.3. The number of aliphatic hydroxyl groups excluding tert-OH is 4. The van der Waals surface area contributed by atoms with Crippen molar-refractivity contribution in [2.24, 2.45) is 0 Å². The Balaban J connectivity index is 1.34. The van der Waals surface area contributed by atoms with Crippen LogP contribution in [0.1, 0.15) is 11.1 Å². The molecule has 256 valence electrons. The van der Waals surface area contributed by atoms with Gasteiger partial charge in [0, 0.05) is 25.5 Å². The quantitative estimate of drug-likeness (QED) is 0.228. The van der Waals surface area contributed by atoms with Crippen molar-refractivity contribution in [3.05, 3.63) is 59.7 Å². The lowest BCUT2D eigenvalue weighted by molar-refractivity contribution is -0.169. The smallest absolute Gasteiger partial charge is 0.265 e. The molecule has 4 bridgehead atoms. The molecule has 19 heteroatoms. The molecule has 0 saturated carbocycles. The van der Waals surface area contributed by atoms with Gasteiger partial charge in [0.25, 0.3) is 23.6 Å². The number of nitrogens with zero attached hydrogens (tertiary/aromatic N) is 4. The lowest BCUT2D eigenvalue weighted by Crippen LogP contribution is -2.79. The summed E-state index contributed by atoms with van der Waals surface area (Å²) in [6.07, 6.45) is -5.84. The molecule has 2 aromatic rings. The molecule has 8 saturated heterocycles. The van der Waals surface area contributed by atoms with Crippen LogP contribution in [0.2, 0.25) is 0 Å². The molecule has 4 amide bonds. The minimum absolute atomic E-state index is 0.495. The van der Waals surface area contributed by atoms with Gasteiger partial charge >= 0.3 is 0 Å². The normalized spacial score (nSPS) is 45.1. The maximum absolute atomic E-state index is 14.9. The molecule has 10 atom stereocenters. The Labute approximate surface area is 298 Å². The van der Waals surface area contributed by atoms with Gasteiger partial charge in [-0.1, -0.05) is 36.4 Å². The maximum Gasteiger partial charge on any atom is 0.265 e. The number of fused-ring (bicyclic) bond motifs is 12. The first-order valence-corrected chi connectivity index (χ1v) is 21.0. The molecular formula is C30H28N6O8S5. The van der Waals surface area contributed by atoms with Crippen LogP contribution in [0.3, 0.4) is 0 Å². The van der Waals surface area contributed by atoms with E-state index in [1.54, 1.807) is 48.5 Å². The largest absolute Gasteiger partial charge is 0.392 e. The average Bonchev–Trinajstić information content (AvgIpc) is 3.71. The first-order valence-electron chi connectivity index (χ1n) is 15.4. The Morgan fingerprint density at radius 2 is 1.06 bits per heavy atom. The molecule has 10 heterocycles. The van der Waals surface area contributed by atoms with E-state index in [0.29, 0.717) is 22.5 Å². The fourth-order valence-corrected chi connectivity index (χ4v) is 19.6. The van der Waals surface area contributed by atoms with Crippen molar-refractivity contribution in [1.29, 1.82) is 0 Å². The molecular weight excluding hydrogens is 733 g/mol. The van der Waals surface area contributed by atoms with Gasteiger partial charge in [0.05, 0.1) is 24.0 Å². The summed E-state index contributed by atoms with van der Waals surface area (Å²) in [4.78, 5) is 57.0. The Bertz CT molecular complexity index is 1960. The van der Waals surface area contributed by atoms with Gasteiger partial charge in [-0.25, -0.2) is 0 Å².